The fraction of sp³-hybridized carbons (Fsp3) is 0.556. The van der Waals surface area contributed by atoms with Crippen LogP contribution in [0.25, 0.3) is 0 Å². The molecule has 0 saturated heterocycles. The van der Waals surface area contributed by atoms with Gasteiger partial charge in [-0.1, -0.05) is 5.16 Å². The van der Waals surface area contributed by atoms with Crippen LogP contribution < -0.4 is 5.32 Å². The number of aryl methyl sites for hydroxylation is 1. The summed E-state index contributed by atoms with van der Waals surface area (Å²) < 4.78 is 9.91. The van der Waals surface area contributed by atoms with Gasteiger partial charge in [-0.05, 0) is 20.8 Å². The molecular formula is C9H14N2O3. The normalized spacial score (nSPS) is 10.6. The lowest BCUT2D eigenvalue weighted by Crippen LogP contribution is -2.20. The molecule has 5 heteroatoms. The van der Waals surface area contributed by atoms with E-state index in [9.17, 15) is 4.79 Å². The van der Waals surface area contributed by atoms with Gasteiger partial charge in [0.15, 0.2) is 0 Å². The molecule has 0 aliphatic rings. The minimum absolute atomic E-state index is 0.0252. The zero-order chi connectivity index (χ0) is 10.6. The van der Waals surface area contributed by atoms with Crippen LogP contribution >= 0.6 is 0 Å². The van der Waals surface area contributed by atoms with Crippen LogP contribution in [-0.2, 0) is 9.53 Å². The van der Waals surface area contributed by atoms with E-state index in [1.807, 2.05) is 13.8 Å². The lowest BCUT2D eigenvalue weighted by atomic mass is 10.4. The predicted octanol–water partition coefficient (Wildman–Crippen LogP) is 1.35. The monoisotopic (exact) mass is 198 g/mol. The third-order valence-corrected chi connectivity index (χ3v) is 1.44. The van der Waals surface area contributed by atoms with Gasteiger partial charge in [0.25, 0.3) is 5.91 Å². The average Bonchev–Trinajstić information content (AvgIpc) is 2.48. The van der Waals surface area contributed by atoms with E-state index in [0.29, 0.717) is 5.88 Å². The summed E-state index contributed by atoms with van der Waals surface area (Å²) in [5, 5.41) is 6.16. The Hall–Kier alpha value is -1.36. The maximum absolute atomic E-state index is 11.2. The van der Waals surface area contributed by atoms with Crippen LogP contribution in [0.2, 0.25) is 0 Å². The number of carbonyl (C=O) groups is 1. The Balaban J connectivity index is 2.34. The SMILES string of the molecule is Cc1cc(NC(=O)COC(C)C)on1. The van der Waals surface area contributed by atoms with E-state index in [1.165, 1.54) is 0 Å². The summed E-state index contributed by atoms with van der Waals surface area (Å²) in [6.07, 6.45) is 0.0391. The quantitative estimate of drug-likeness (QED) is 0.793. The van der Waals surface area contributed by atoms with Gasteiger partial charge in [-0.3, -0.25) is 10.1 Å². The maximum atomic E-state index is 11.2. The number of rotatable bonds is 4. The van der Waals surface area contributed by atoms with Crippen LogP contribution in [0.5, 0.6) is 0 Å². The van der Waals surface area contributed by atoms with Gasteiger partial charge in [0.2, 0.25) is 5.88 Å². The molecule has 0 spiro atoms. The first-order valence-corrected chi connectivity index (χ1v) is 4.42. The van der Waals surface area contributed by atoms with Crippen molar-refractivity contribution >= 4 is 11.8 Å². The molecule has 0 bridgehead atoms. The summed E-state index contributed by atoms with van der Waals surface area (Å²) in [6, 6.07) is 1.65. The predicted molar refractivity (Wildman–Crippen MR) is 51.0 cm³/mol. The molecule has 0 radical (unpaired) electrons. The zero-order valence-corrected chi connectivity index (χ0v) is 8.53. The van der Waals surface area contributed by atoms with Crippen molar-refractivity contribution in [1.82, 2.24) is 5.16 Å². The van der Waals surface area contributed by atoms with Crippen LogP contribution in [0.3, 0.4) is 0 Å². The number of hydrogen-bond donors (Lipinski definition) is 1. The van der Waals surface area contributed by atoms with E-state index >= 15 is 0 Å². The highest BCUT2D eigenvalue weighted by Crippen LogP contribution is 2.07. The van der Waals surface area contributed by atoms with Crippen molar-refractivity contribution < 1.29 is 14.1 Å². The topological polar surface area (TPSA) is 64.4 Å². The van der Waals surface area contributed by atoms with Crippen LogP contribution in [0.4, 0.5) is 5.88 Å². The van der Waals surface area contributed by atoms with Gasteiger partial charge in [-0.15, -0.1) is 0 Å². The number of amides is 1. The summed E-state index contributed by atoms with van der Waals surface area (Å²) in [5.74, 6) is 0.106. The van der Waals surface area contributed by atoms with E-state index in [-0.39, 0.29) is 18.6 Å². The average molecular weight is 198 g/mol. The summed E-state index contributed by atoms with van der Waals surface area (Å²) >= 11 is 0. The van der Waals surface area contributed by atoms with Gasteiger partial charge < -0.3 is 9.26 Å². The van der Waals surface area contributed by atoms with Gasteiger partial charge in [0, 0.05) is 6.07 Å². The van der Waals surface area contributed by atoms with Gasteiger partial charge in [0.05, 0.1) is 11.8 Å². The van der Waals surface area contributed by atoms with Crippen molar-refractivity contribution in [1.29, 1.82) is 0 Å². The van der Waals surface area contributed by atoms with E-state index in [0.717, 1.165) is 5.69 Å². The smallest absolute Gasteiger partial charge is 0.252 e. The number of ether oxygens (including phenoxy) is 1. The first-order chi connectivity index (χ1) is 6.58. The highest BCUT2D eigenvalue weighted by molar-refractivity contribution is 5.90. The molecule has 1 rings (SSSR count). The highest BCUT2D eigenvalue weighted by Gasteiger charge is 2.06. The van der Waals surface area contributed by atoms with Crippen LogP contribution in [0.15, 0.2) is 10.6 Å². The number of carbonyl (C=O) groups excluding carboxylic acids is 1. The molecule has 14 heavy (non-hydrogen) atoms. The largest absolute Gasteiger partial charge is 0.369 e. The highest BCUT2D eigenvalue weighted by atomic mass is 16.5. The van der Waals surface area contributed by atoms with Crippen molar-refractivity contribution in [2.45, 2.75) is 26.9 Å². The Morgan fingerprint density at radius 3 is 2.93 bits per heavy atom. The summed E-state index contributed by atoms with van der Waals surface area (Å²) in [4.78, 5) is 11.2. The second kappa shape index (κ2) is 4.76. The Morgan fingerprint density at radius 2 is 2.43 bits per heavy atom. The molecule has 0 unspecified atom stereocenters. The summed E-state index contributed by atoms with van der Waals surface area (Å²) in [6.45, 7) is 5.54. The third kappa shape index (κ3) is 3.57. The fourth-order valence-electron chi connectivity index (χ4n) is 0.838. The summed E-state index contributed by atoms with van der Waals surface area (Å²) in [7, 11) is 0. The zero-order valence-electron chi connectivity index (χ0n) is 8.53. The first kappa shape index (κ1) is 10.7. The molecule has 0 aromatic carbocycles. The second-order valence-electron chi connectivity index (χ2n) is 3.24. The lowest BCUT2D eigenvalue weighted by molar-refractivity contribution is -0.122. The Labute approximate surface area is 82.4 Å². The first-order valence-electron chi connectivity index (χ1n) is 4.42. The van der Waals surface area contributed by atoms with E-state index in [2.05, 4.69) is 10.5 Å². The van der Waals surface area contributed by atoms with E-state index in [4.69, 9.17) is 9.26 Å². The molecule has 1 aromatic heterocycles. The van der Waals surface area contributed by atoms with Gasteiger partial charge >= 0.3 is 0 Å². The van der Waals surface area contributed by atoms with Gasteiger partial charge in [0.1, 0.15) is 6.61 Å². The van der Waals surface area contributed by atoms with Gasteiger partial charge in [-0.2, -0.15) is 0 Å². The molecule has 0 saturated carbocycles. The minimum atomic E-state index is -0.241. The molecule has 0 aliphatic carbocycles. The van der Waals surface area contributed by atoms with Crippen molar-refractivity contribution in [2.75, 3.05) is 11.9 Å². The molecule has 0 aliphatic heterocycles. The van der Waals surface area contributed by atoms with Crippen LogP contribution in [0, 0.1) is 6.92 Å². The van der Waals surface area contributed by atoms with Gasteiger partial charge in [-0.25, -0.2) is 0 Å². The standard InChI is InChI=1S/C9H14N2O3/c1-6(2)13-5-8(12)10-9-4-7(3)11-14-9/h4,6H,5H2,1-3H3,(H,10,12). The molecular weight excluding hydrogens is 184 g/mol. The number of anilines is 1. The number of aromatic nitrogens is 1. The van der Waals surface area contributed by atoms with E-state index in [1.54, 1.807) is 13.0 Å². The molecule has 1 aromatic rings. The molecule has 1 N–H and O–H groups in total. The van der Waals surface area contributed by atoms with Crippen molar-refractivity contribution in [3.8, 4) is 0 Å². The van der Waals surface area contributed by atoms with Crippen molar-refractivity contribution in [2.24, 2.45) is 0 Å². The number of nitrogens with zero attached hydrogens (tertiary/aromatic N) is 1. The lowest BCUT2D eigenvalue weighted by Gasteiger charge is -2.05. The Morgan fingerprint density at radius 1 is 1.71 bits per heavy atom. The van der Waals surface area contributed by atoms with Crippen LogP contribution in [0.1, 0.15) is 19.5 Å². The van der Waals surface area contributed by atoms with E-state index < -0.39 is 0 Å². The van der Waals surface area contributed by atoms with Crippen LogP contribution in [-0.4, -0.2) is 23.8 Å². The number of hydrogen-bond acceptors (Lipinski definition) is 4. The minimum Gasteiger partial charge on any atom is -0.369 e. The third-order valence-electron chi connectivity index (χ3n) is 1.44. The Kier molecular flexibility index (Phi) is 3.64. The fourth-order valence-corrected chi connectivity index (χ4v) is 0.838. The molecule has 5 nitrogen and oxygen atoms in total. The maximum Gasteiger partial charge on any atom is 0.252 e. The molecule has 0 atom stereocenters. The second-order valence-corrected chi connectivity index (χ2v) is 3.24. The molecule has 1 amide bonds. The van der Waals surface area contributed by atoms with Crippen molar-refractivity contribution in [3.05, 3.63) is 11.8 Å². The molecule has 1 heterocycles. The number of nitrogens with one attached hydrogen (secondary N) is 1. The summed E-state index contributed by atoms with van der Waals surface area (Å²) in [5.41, 5.74) is 0.727. The van der Waals surface area contributed by atoms with Crippen molar-refractivity contribution in [3.63, 3.8) is 0 Å². The molecule has 78 valence electrons. The molecule has 0 fully saturated rings. The Bertz CT molecular complexity index is 307.